The van der Waals surface area contributed by atoms with Crippen LogP contribution in [0.4, 0.5) is 11.4 Å². The van der Waals surface area contributed by atoms with E-state index < -0.39 is 0 Å². The fourth-order valence-electron chi connectivity index (χ4n) is 3.99. The molecule has 0 aliphatic heterocycles. The second kappa shape index (κ2) is 15.4. The molecule has 0 spiro atoms. The van der Waals surface area contributed by atoms with E-state index in [1.165, 1.54) is 34.1 Å². The first-order chi connectivity index (χ1) is 18.3. The molecule has 0 heterocycles. The molecule has 0 saturated carbocycles. The van der Waals surface area contributed by atoms with Crippen molar-refractivity contribution in [2.24, 2.45) is 4.99 Å². The van der Waals surface area contributed by atoms with Gasteiger partial charge in [-0.2, -0.15) is 0 Å². The van der Waals surface area contributed by atoms with E-state index >= 15 is 0 Å². The van der Waals surface area contributed by atoms with Gasteiger partial charge in [0, 0.05) is 29.7 Å². The molecular formula is C30H38N4O3S. The molecule has 3 N–H and O–H groups in total. The summed E-state index contributed by atoms with van der Waals surface area (Å²) in [6.45, 7) is 14.4. The van der Waals surface area contributed by atoms with Gasteiger partial charge in [-0.15, -0.1) is 11.8 Å². The average molecular weight is 535 g/mol. The van der Waals surface area contributed by atoms with Gasteiger partial charge in [0.1, 0.15) is 17.8 Å². The summed E-state index contributed by atoms with van der Waals surface area (Å²) in [4.78, 5) is 15.8. The molecule has 0 aliphatic rings. The Morgan fingerprint density at radius 2 is 1.63 bits per heavy atom. The number of rotatable bonds is 12. The van der Waals surface area contributed by atoms with Crippen LogP contribution in [-0.4, -0.2) is 40.1 Å². The number of aliphatic imine (C=N–C) groups is 1. The Morgan fingerprint density at radius 3 is 2.16 bits per heavy atom. The van der Waals surface area contributed by atoms with Gasteiger partial charge in [-0.25, -0.2) is 0 Å². The van der Waals surface area contributed by atoms with Crippen molar-refractivity contribution >= 4 is 36.1 Å². The van der Waals surface area contributed by atoms with Crippen molar-refractivity contribution in [2.75, 3.05) is 32.5 Å². The number of methoxy groups -OCH3 is 2. The third-order valence-corrected chi connectivity index (χ3v) is 6.67. The molecule has 202 valence electrons. The molecule has 0 aliphatic carbocycles. The van der Waals surface area contributed by atoms with Crippen LogP contribution in [0, 0.1) is 20.8 Å². The lowest BCUT2D eigenvalue weighted by atomic mass is 10.1. The highest BCUT2D eigenvalue weighted by Gasteiger charge is 2.10. The highest BCUT2D eigenvalue weighted by atomic mass is 32.2. The molecule has 0 saturated heterocycles. The summed E-state index contributed by atoms with van der Waals surface area (Å²) >= 11 is 1.51. The van der Waals surface area contributed by atoms with E-state index in [-0.39, 0.29) is 0 Å². The zero-order chi connectivity index (χ0) is 28.1. The number of nitrogens with one attached hydrogen (secondary N) is 3. The zero-order valence-corrected chi connectivity index (χ0v) is 23.9. The third kappa shape index (κ3) is 8.59. The maximum Gasteiger partial charge on any atom is 0.150 e. The summed E-state index contributed by atoms with van der Waals surface area (Å²) in [6.07, 6.45) is 0.811. The largest absolute Gasteiger partial charge is 0.496 e. The lowest BCUT2D eigenvalue weighted by molar-refractivity contribution is 0.112. The topological polar surface area (TPSA) is 84.0 Å². The van der Waals surface area contributed by atoms with E-state index in [1.54, 1.807) is 32.4 Å². The fraction of sp³-hybridized carbons (Fsp3) is 0.267. The predicted octanol–water partition coefficient (Wildman–Crippen LogP) is 6.40. The quantitative estimate of drug-likeness (QED) is 0.107. The summed E-state index contributed by atoms with van der Waals surface area (Å²) in [5.41, 5.74) is 7.49. The number of anilines is 1. The minimum Gasteiger partial charge on any atom is -0.496 e. The summed E-state index contributed by atoms with van der Waals surface area (Å²) in [5, 5.41) is 9.60. The number of thioether (sulfide) groups is 1. The highest BCUT2D eigenvalue weighted by molar-refractivity contribution is 7.99. The second-order valence-electron chi connectivity index (χ2n) is 8.47. The summed E-state index contributed by atoms with van der Waals surface area (Å²) in [7, 11) is 5.21. The molecule has 3 aromatic rings. The van der Waals surface area contributed by atoms with Gasteiger partial charge in [0.15, 0.2) is 0 Å². The van der Waals surface area contributed by atoms with Gasteiger partial charge in [-0.3, -0.25) is 9.79 Å². The lowest BCUT2D eigenvalue weighted by Gasteiger charge is -2.16. The molecule has 3 aromatic carbocycles. The van der Waals surface area contributed by atoms with Gasteiger partial charge >= 0.3 is 0 Å². The molecule has 0 aromatic heterocycles. The van der Waals surface area contributed by atoms with Crippen LogP contribution in [0.15, 0.2) is 70.8 Å². The van der Waals surface area contributed by atoms with Crippen molar-refractivity contribution in [1.82, 2.24) is 10.6 Å². The number of nitrogens with zero attached hydrogens (tertiary/aromatic N) is 1. The third-order valence-electron chi connectivity index (χ3n) is 5.74. The van der Waals surface area contributed by atoms with Crippen LogP contribution in [0.3, 0.4) is 0 Å². The zero-order valence-electron chi connectivity index (χ0n) is 23.1. The number of carbonyl (C=O) groups is 1. The Kier molecular flexibility index (Phi) is 12.3. The van der Waals surface area contributed by atoms with E-state index in [4.69, 9.17) is 9.47 Å². The Hall–Kier alpha value is -3.91. The number of hydrogen-bond acceptors (Lipinski definition) is 8. The van der Waals surface area contributed by atoms with Gasteiger partial charge in [-0.05, 0) is 68.9 Å². The van der Waals surface area contributed by atoms with Crippen molar-refractivity contribution in [3.8, 4) is 11.5 Å². The number of benzene rings is 3. The van der Waals surface area contributed by atoms with Crippen molar-refractivity contribution < 1.29 is 14.3 Å². The van der Waals surface area contributed by atoms with E-state index in [0.29, 0.717) is 23.8 Å². The molecule has 7 nitrogen and oxygen atoms in total. The summed E-state index contributed by atoms with van der Waals surface area (Å²) < 4.78 is 10.8. The SMILES string of the molecule is C=Nc1ccc(C=O)cc1SCNC(=C)NCc1c(OC)cccc1OC.CNc1c(C)cc(C)cc1C. The van der Waals surface area contributed by atoms with E-state index in [9.17, 15) is 4.79 Å². The van der Waals surface area contributed by atoms with Crippen LogP contribution in [0.25, 0.3) is 0 Å². The molecule has 0 fully saturated rings. The monoisotopic (exact) mass is 534 g/mol. The lowest BCUT2D eigenvalue weighted by Crippen LogP contribution is -2.25. The predicted molar refractivity (Wildman–Crippen MR) is 161 cm³/mol. The molecule has 0 atom stereocenters. The van der Waals surface area contributed by atoms with Gasteiger partial charge in [0.05, 0.1) is 37.2 Å². The van der Waals surface area contributed by atoms with Crippen LogP contribution in [-0.2, 0) is 6.54 Å². The first-order valence-corrected chi connectivity index (χ1v) is 13.1. The Morgan fingerprint density at radius 1 is 1.00 bits per heavy atom. The molecule has 3 rings (SSSR count). The summed E-state index contributed by atoms with van der Waals surface area (Å²) in [6, 6.07) is 15.3. The molecule has 0 bridgehead atoms. The number of hydrogen-bond donors (Lipinski definition) is 3. The van der Waals surface area contributed by atoms with E-state index in [2.05, 4.69) is 67.1 Å². The van der Waals surface area contributed by atoms with Crippen LogP contribution in [0.2, 0.25) is 0 Å². The first-order valence-electron chi connectivity index (χ1n) is 12.1. The van der Waals surface area contributed by atoms with E-state index in [0.717, 1.165) is 33.9 Å². The maximum atomic E-state index is 10.9. The Balaban J connectivity index is 0.000000384. The van der Waals surface area contributed by atoms with Crippen molar-refractivity contribution in [1.29, 1.82) is 0 Å². The molecule has 8 heteroatoms. The van der Waals surface area contributed by atoms with Gasteiger partial charge in [0.25, 0.3) is 0 Å². The van der Waals surface area contributed by atoms with Crippen LogP contribution in [0.5, 0.6) is 11.5 Å². The van der Waals surface area contributed by atoms with Crippen LogP contribution >= 0.6 is 11.8 Å². The Labute approximate surface area is 230 Å². The second-order valence-corrected chi connectivity index (χ2v) is 9.48. The summed E-state index contributed by atoms with van der Waals surface area (Å²) in [5.74, 6) is 2.71. The normalized spacial score (nSPS) is 9.95. The molecule has 0 unspecified atom stereocenters. The number of carbonyl (C=O) groups excluding carboxylic acids is 1. The van der Waals surface area contributed by atoms with Crippen LogP contribution in [0.1, 0.15) is 32.6 Å². The van der Waals surface area contributed by atoms with Crippen LogP contribution < -0.4 is 25.4 Å². The maximum absolute atomic E-state index is 10.9. The number of aldehydes is 1. The van der Waals surface area contributed by atoms with Crippen molar-refractivity contribution in [2.45, 2.75) is 32.2 Å². The minimum atomic E-state index is 0.504. The molecule has 0 amide bonds. The van der Waals surface area contributed by atoms with Crippen molar-refractivity contribution in [3.63, 3.8) is 0 Å². The minimum absolute atomic E-state index is 0.504. The van der Waals surface area contributed by atoms with Gasteiger partial charge in [-0.1, -0.05) is 30.3 Å². The fourth-order valence-corrected chi connectivity index (χ4v) is 4.89. The number of aryl methyl sites for hydroxylation is 3. The van der Waals surface area contributed by atoms with E-state index in [1.807, 2.05) is 25.2 Å². The number of ether oxygens (including phenoxy) is 2. The molecule has 38 heavy (non-hydrogen) atoms. The molecule has 0 radical (unpaired) electrons. The Bertz CT molecular complexity index is 1210. The highest BCUT2D eigenvalue weighted by Crippen LogP contribution is 2.30. The van der Waals surface area contributed by atoms with Gasteiger partial charge in [0.2, 0.25) is 0 Å². The molecular weight excluding hydrogens is 496 g/mol. The standard InChI is InChI=1S/C20H23N3O3S.C10H15N/c1-14(22-11-16-18(25-3)6-5-7-19(16)26-4)23-13-27-20-10-15(12-24)8-9-17(20)21-2;1-7-5-8(2)10(11-4)9(3)6-7/h5-10,12,22-23H,1-2,11,13H2,3-4H3;5-6,11H,1-4H3. The first kappa shape index (κ1) is 30.3. The smallest absolute Gasteiger partial charge is 0.150 e. The van der Waals surface area contributed by atoms with Crippen molar-refractivity contribution in [3.05, 3.63) is 88.7 Å². The average Bonchev–Trinajstić information content (AvgIpc) is 2.91. The van der Waals surface area contributed by atoms with Gasteiger partial charge < -0.3 is 25.4 Å².